The van der Waals surface area contributed by atoms with Crippen LogP contribution in [0, 0.1) is 0 Å². The second-order valence-electron chi connectivity index (χ2n) is 4.13. The highest BCUT2D eigenvalue weighted by Crippen LogP contribution is 2.20. The molecule has 0 aromatic carbocycles. The molecule has 1 aliphatic heterocycles. The van der Waals surface area contributed by atoms with Crippen LogP contribution in [0.15, 0.2) is 0 Å². The number of nitrogens with zero attached hydrogens (tertiary/aromatic N) is 1. The zero-order chi connectivity index (χ0) is 13.6. The SMILES string of the molecule is COCCCNC(=S)N1CCSCC1S(C)(=O)=O. The summed E-state index contributed by atoms with van der Waals surface area (Å²) in [5.74, 6) is 1.49. The topological polar surface area (TPSA) is 58.6 Å². The Morgan fingerprint density at radius 2 is 2.33 bits per heavy atom. The fourth-order valence-corrected chi connectivity index (χ4v) is 4.89. The fourth-order valence-electron chi connectivity index (χ4n) is 1.68. The lowest BCUT2D eigenvalue weighted by Crippen LogP contribution is -2.53. The van der Waals surface area contributed by atoms with Crippen molar-refractivity contribution in [3.05, 3.63) is 0 Å². The van der Waals surface area contributed by atoms with Crippen molar-refractivity contribution < 1.29 is 13.2 Å². The Kier molecular flexibility index (Phi) is 6.68. The van der Waals surface area contributed by atoms with Gasteiger partial charge in [0.15, 0.2) is 14.9 Å². The summed E-state index contributed by atoms with van der Waals surface area (Å²) in [5, 5.41) is 3.12. The minimum atomic E-state index is -3.10. The van der Waals surface area contributed by atoms with Gasteiger partial charge in [-0.2, -0.15) is 11.8 Å². The first-order valence-electron chi connectivity index (χ1n) is 5.77. The quantitative estimate of drug-likeness (QED) is 0.579. The fraction of sp³-hybridized carbons (Fsp3) is 0.900. The van der Waals surface area contributed by atoms with Crippen molar-refractivity contribution in [2.75, 3.05) is 44.6 Å². The van der Waals surface area contributed by atoms with Gasteiger partial charge in [-0.05, 0) is 18.6 Å². The number of ether oxygens (including phenoxy) is 1. The molecule has 5 nitrogen and oxygen atoms in total. The molecule has 1 unspecified atom stereocenters. The van der Waals surface area contributed by atoms with Gasteiger partial charge in [-0.15, -0.1) is 0 Å². The van der Waals surface area contributed by atoms with Crippen LogP contribution >= 0.6 is 24.0 Å². The van der Waals surface area contributed by atoms with Gasteiger partial charge in [-0.3, -0.25) is 0 Å². The Labute approximate surface area is 119 Å². The Balaban J connectivity index is 2.53. The molecule has 1 heterocycles. The van der Waals surface area contributed by atoms with Crippen molar-refractivity contribution in [2.24, 2.45) is 0 Å². The van der Waals surface area contributed by atoms with Crippen molar-refractivity contribution in [1.29, 1.82) is 0 Å². The lowest BCUT2D eigenvalue weighted by molar-refractivity contribution is 0.195. The lowest BCUT2D eigenvalue weighted by Gasteiger charge is -2.36. The van der Waals surface area contributed by atoms with Crippen LogP contribution in [0.4, 0.5) is 0 Å². The van der Waals surface area contributed by atoms with Crippen molar-refractivity contribution in [1.82, 2.24) is 10.2 Å². The van der Waals surface area contributed by atoms with Crippen LogP contribution in [0.2, 0.25) is 0 Å². The average Bonchev–Trinajstić information content (AvgIpc) is 2.33. The van der Waals surface area contributed by atoms with E-state index in [0.717, 1.165) is 12.2 Å². The largest absolute Gasteiger partial charge is 0.385 e. The highest BCUT2D eigenvalue weighted by molar-refractivity contribution is 8.00. The number of rotatable bonds is 5. The van der Waals surface area contributed by atoms with Crippen molar-refractivity contribution >= 4 is 38.9 Å². The molecule has 106 valence electrons. The third-order valence-electron chi connectivity index (χ3n) is 2.64. The predicted molar refractivity (Wildman–Crippen MR) is 79.8 cm³/mol. The van der Waals surface area contributed by atoms with E-state index in [9.17, 15) is 8.42 Å². The molecule has 0 aliphatic carbocycles. The van der Waals surface area contributed by atoms with Gasteiger partial charge < -0.3 is 15.0 Å². The van der Waals surface area contributed by atoms with E-state index < -0.39 is 15.2 Å². The van der Waals surface area contributed by atoms with Gasteiger partial charge >= 0.3 is 0 Å². The highest BCUT2D eigenvalue weighted by atomic mass is 32.2. The van der Waals surface area contributed by atoms with Crippen LogP contribution < -0.4 is 5.32 Å². The molecule has 8 heteroatoms. The van der Waals surface area contributed by atoms with Gasteiger partial charge in [0.2, 0.25) is 0 Å². The molecule has 0 spiro atoms. The summed E-state index contributed by atoms with van der Waals surface area (Å²) in [7, 11) is -1.45. The summed E-state index contributed by atoms with van der Waals surface area (Å²) in [6.45, 7) is 2.05. The molecule has 1 N–H and O–H groups in total. The van der Waals surface area contributed by atoms with E-state index in [1.807, 2.05) is 0 Å². The third kappa shape index (κ3) is 4.91. The predicted octanol–water partition coefficient (Wildman–Crippen LogP) is 0.317. The van der Waals surface area contributed by atoms with Crippen LogP contribution in [0.3, 0.4) is 0 Å². The number of hydrogen-bond donors (Lipinski definition) is 1. The number of thiocarbonyl (C=S) groups is 1. The summed E-state index contributed by atoms with van der Waals surface area (Å²) >= 11 is 6.92. The number of thioether (sulfide) groups is 1. The van der Waals surface area contributed by atoms with Crippen molar-refractivity contribution in [3.63, 3.8) is 0 Å². The first-order chi connectivity index (χ1) is 8.46. The Morgan fingerprint density at radius 1 is 1.61 bits per heavy atom. The first kappa shape index (κ1) is 16.0. The first-order valence-corrected chi connectivity index (χ1v) is 9.28. The summed E-state index contributed by atoms with van der Waals surface area (Å²) in [5.41, 5.74) is 0. The molecule has 0 amide bonds. The van der Waals surface area contributed by atoms with Crippen LogP contribution in [0.25, 0.3) is 0 Å². The summed E-state index contributed by atoms with van der Waals surface area (Å²) in [6.07, 6.45) is 2.12. The molecule has 0 radical (unpaired) electrons. The Morgan fingerprint density at radius 3 is 2.94 bits per heavy atom. The molecule has 1 saturated heterocycles. The average molecular weight is 312 g/mol. The van der Waals surface area contributed by atoms with Crippen LogP contribution in [0.1, 0.15) is 6.42 Å². The molecule has 1 aliphatic rings. The maximum Gasteiger partial charge on any atom is 0.170 e. The van der Waals surface area contributed by atoms with E-state index in [1.54, 1.807) is 23.8 Å². The monoisotopic (exact) mass is 312 g/mol. The third-order valence-corrected chi connectivity index (χ3v) is 5.66. The molecule has 1 fully saturated rings. The Hall–Kier alpha value is -0.0500. The molecule has 18 heavy (non-hydrogen) atoms. The number of hydrogen-bond acceptors (Lipinski definition) is 5. The molecule has 0 aromatic rings. The van der Waals surface area contributed by atoms with Gasteiger partial charge in [-0.25, -0.2) is 8.42 Å². The van der Waals surface area contributed by atoms with Crippen molar-refractivity contribution in [2.45, 2.75) is 11.8 Å². The normalized spacial score (nSPS) is 20.8. The molecule has 0 bridgehead atoms. The van der Waals surface area contributed by atoms with Crippen LogP contribution in [-0.2, 0) is 14.6 Å². The summed E-state index contributed by atoms with van der Waals surface area (Å²) < 4.78 is 28.4. The minimum Gasteiger partial charge on any atom is -0.385 e. The van der Waals surface area contributed by atoms with E-state index in [-0.39, 0.29) is 0 Å². The molecule has 1 rings (SSSR count). The highest BCUT2D eigenvalue weighted by Gasteiger charge is 2.32. The number of sulfone groups is 1. The van der Waals surface area contributed by atoms with E-state index in [0.29, 0.717) is 30.6 Å². The minimum absolute atomic E-state index is 0.501. The van der Waals surface area contributed by atoms with E-state index in [1.165, 1.54) is 6.26 Å². The summed E-state index contributed by atoms with van der Waals surface area (Å²) in [4.78, 5) is 1.79. The van der Waals surface area contributed by atoms with Gasteiger partial charge in [0.05, 0.1) is 0 Å². The maximum absolute atomic E-state index is 11.7. The second kappa shape index (κ2) is 7.52. The lowest BCUT2D eigenvalue weighted by atomic mass is 10.4. The maximum atomic E-state index is 11.7. The van der Waals surface area contributed by atoms with Gasteiger partial charge in [-0.1, -0.05) is 0 Å². The van der Waals surface area contributed by atoms with E-state index in [2.05, 4.69) is 5.32 Å². The molecule has 0 saturated carbocycles. The zero-order valence-corrected chi connectivity index (χ0v) is 13.2. The van der Waals surface area contributed by atoms with Crippen molar-refractivity contribution in [3.8, 4) is 0 Å². The second-order valence-corrected chi connectivity index (χ2v) is 7.87. The smallest absolute Gasteiger partial charge is 0.170 e. The zero-order valence-electron chi connectivity index (χ0n) is 10.7. The van der Waals surface area contributed by atoms with Crippen LogP contribution in [0.5, 0.6) is 0 Å². The van der Waals surface area contributed by atoms with Gasteiger partial charge in [0.25, 0.3) is 0 Å². The molecular formula is C10H20N2O3S3. The van der Waals surface area contributed by atoms with Gasteiger partial charge in [0, 0.05) is 44.6 Å². The molecule has 0 aromatic heterocycles. The van der Waals surface area contributed by atoms with Crippen LogP contribution in [-0.4, -0.2) is 68.4 Å². The number of nitrogens with one attached hydrogen (secondary N) is 1. The molecule has 1 atom stereocenters. The Bertz CT molecular complexity index is 373. The number of methoxy groups -OCH3 is 1. The standard InChI is InChI=1S/C10H20N2O3S3/c1-15-6-3-4-11-10(16)12-5-7-17-8-9(12)18(2,13)14/h9H,3-8H2,1-2H3,(H,11,16). The van der Waals surface area contributed by atoms with E-state index >= 15 is 0 Å². The molecular weight excluding hydrogens is 292 g/mol. The summed E-state index contributed by atoms with van der Waals surface area (Å²) in [6, 6.07) is 0. The van der Waals surface area contributed by atoms with E-state index in [4.69, 9.17) is 17.0 Å². The van der Waals surface area contributed by atoms with Gasteiger partial charge in [0.1, 0.15) is 5.37 Å².